The fraction of sp³-hybridized carbons (Fsp3) is 0.241. The van der Waals surface area contributed by atoms with Crippen molar-refractivity contribution in [3.8, 4) is 16.9 Å². The van der Waals surface area contributed by atoms with Crippen LogP contribution in [-0.4, -0.2) is 50.9 Å². The molecule has 9 nitrogen and oxygen atoms in total. The summed E-state index contributed by atoms with van der Waals surface area (Å²) in [5.74, 6) is -0.803. The summed E-state index contributed by atoms with van der Waals surface area (Å²) < 4.78 is 15.2. The highest BCUT2D eigenvalue weighted by molar-refractivity contribution is 6.34. The zero-order valence-electron chi connectivity index (χ0n) is 21.4. The number of pyridine rings is 1. The maximum Gasteiger partial charge on any atom is 0.269 e. The number of aryl methyl sites for hydroxylation is 1. The molecule has 0 atom stereocenters. The molecule has 1 saturated heterocycles. The summed E-state index contributed by atoms with van der Waals surface area (Å²) in [5.41, 5.74) is 10.4. The van der Waals surface area contributed by atoms with Crippen LogP contribution in [0.1, 0.15) is 44.8 Å². The van der Waals surface area contributed by atoms with Gasteiger partial charge in [0.15, 0.2) is 5.69 Å². The van der Waals surface area contributed by atoms with Gasteiger partial charge in [-0.15, -0.1) is 0 Å². The van der Waals surface area contributed by atoms with Crippen molar-refractivity contribution in [1.82, 2.24) is 14.8 Å². The molecule has 1 aliphatic carbocycles. The van der Waals surface area contributed by atoms with Crippen molar-refractivity contribution < 1.29 is 19.1 Å². The molecule has 0 radical (unpaired) electrons. The average molecular weight is 561 g/mol. The van der Waals surface area contributed by atoms with Crippen LogP contribution in [0.4, 0.5) is 15.9 Å². The Kier molecular flexibility index (Phi) is 6.73. The smallest absolute Gasteiger partial charge is 0.269 e. The molecular weight excluding hydrogens is 535 g/mol. The minimum absolute atomic E-state index is 0.167. The minimum atomic E-state index is -0.642. The van der Waals surface area contributed by atoms with Crippen molar-refractivity contribution in [3.63, 3.8) is 0 Å². The largest absolute Gasteiger partial charge is 0.393 e. The maximum atomic E-state index is 13.6. The number of nitrogens with zero attached hydrogens (tertiary/aromatic N) is 4. The van der Waals surface area contributed by atoms with Gasteiger partial charge in [0.25, 0.3) is 11.8 Å². The number of aromatic nitrogens is 3. The van der Waals surface area contributed by atoms with Crippen LogP contribution in [0.3, 0.4) is 0 Å². The summed E-state index contributed by atoms with van der Waals surface area (Å²) in [7, 11) is 0. The Morgan fingerprint density at radius 3 is 2.55 bits per heavy atom. The first-order chi connectivity index (χ1) is 19.3. The second kappa shape index (κ2) is 10.4. The number of hydrogen-bond acceptors (Lipinski definition) is 6. The third kappa shape index (κ3) is 4.80. The van der Waals surface area contributed by atoms with Gasteiger partial charge in [-0.25, -0.2) is 14.1 Å². The van der Waals surface area contributed by atoms with E-state index in [4.69, 9.17) is 17.3 Å². The molecule has 6 rings (SSSR count). The van der Waals surface area contributed by atoms with E-state index in [9.17, 15) is 19.1 Å². The van der Waals surface area contributed by atoms with E-state index < -0.39 is 11.8 Å². The Labute approximate surface area is 234 Å². The van der Waals surface area contributed by atoms with Crippen LogP contribution in [0.5, 0.6) is 0 Å². The number of rotatable bonds is 5. The number of aliphatic hydroxyl groups excluding tert-OH is 1. The zero-order chi connectivity index (χ0) is 28.0. The Hall–Kier alpha value is -4.28. The Bertz CT molecular complexity index is 1630. The van der Waals surface area contributed by atoms with Crippen molar-refractivity contribution in [2.24, 2.45) is 5.73 Å². The van der Waals surface area contributed by atoms with E-state index >= 15 is 0 Å². The fourth-order valence-electron chi connectivity index (χ4n) is 5.35. The molecule has 0 bridgehead atoms. The molecule has 2 amide bonds. The van der Waals surface area contributed by atoms with Crippen LogP contribution in [0.15, 0.2) is 54.7 Å². The number of fused-ring (bicyclic) bond motifs is 3. The van der Waals surface area contributed by atoms with E-state index in [2.05, 4.69) is 15.4 Å². The molecule has 4 N–H and O–H groups in total. The monoisotopic (exact) mass is 560 g/mol. The number of hydrogen-bond donors (Lipinski definition) is 3. The van der Waals surface area contributed by atoms with Gasteiger partial charge < -0.3 is 21.1 Å². The molecule has 4 aromatic rings. The molecule has 2 aromatic carbocycles. The number of carbonyl (C=O) groups is 2. The van der Waals surface area contributed by atoms with Crippen LogP contribution in [0.25, 0.3) is 16.9 Å². The van der Waals surface area contributed by atoms with Gasteiger partial charge in [0.2, 0.25) is 0 Å². The van der Waals surface area contributed by atoms with Crippen molar-refractivity contribution in [3.05, 3.63) is 88.0 Å². The maximum absolute atomic E-state index is 13.6. The standard InChI is InChI=1S/C29H26ClFN6O3/c30-24-15-33-25(36-11-9-20(38)10-12-36)14-23(24)29(40)34-18-5-1-16-2-8-21-26(28(32)39)35-37(27(21)22(16)13-18)19-6-3-17(31)4-7-19/h1,3-7,13-15,20,38H,2,8-12H2,(H2,32,39)(H,34,40). The van der Waals surface area contributed by atoms with Gasteiger partial charge in [-0.05, 0) is 73.7 Å². The fourth-order valence-corrected chi connectivity index (χ4v) is 5.54. The van der Waals surface area contributed by atoms with Crippen LogP contribution in [0, 0.1) is 5.82 Å². The third-order valence-electron chi connectivity index (χ3n) is 7.43. The van der Waals surface area contributed by atoms with Gasteiger partial charge in [0.1, 0.15) is 11.6 Å². The number of piperidine rings is 1. The first kappa shape index (κ1) is 26.0. The Morgan fingerprint density at radius 1 is 1.07 bits per heavy atom. The van der Waals surface area contributed by atoms with Gasteiger partial charge in [-0.2, -0.15) is 5.10 Å². The first-order valence-electron chi connectivity index (χ1n) is 13.0. The van der Waals surface area contributed by atoms with E-state index in [0.29, 0.717) is 67.2 Å². The molecule has 1 aliphatic heterocycles. The summed E-state index contributed by atoms with van der Waals surface area (Å²) in [6, 6.07) is 13.1. The zero-order valence-corrected chi connectivity index (χ0v) is 22.2. The molecule has 2 aliphatic rings. The average Bonchev–Trinajstić information content (AvgIpc) is 3.35. The van der Waals surface area contributed by atoms with Crippen LogP contribution in [-0.2, 0) is 12.8 Å². The first-order valence-corrected chi connectivity index (χ1v) is 13.4. The summed E-state index contributed by atoms with van der Waals surface area (Å²) in [6.07, 6.45) is 3.63. The number of nitrogens with two attached hydrogens (primary N) is 1. The second-order valence-corrected chi connectivity index (χ2v) is 10.4. The van der Waals surface area contributed by atoms with Crippen molar-refractivity contribution in [1.29, 1.82) is 0 Å². The molecule has 0 spiro atoms. The van der Waals surface area contributed by atoms with Crippen molar-refractivity contribution in [2.45, 2.75) is 31.8 Å². The van der Waals surface area contributed by atoms with E-state index in [1.807, 2.05) is 23.1 Å². The molecule has 1 fully saturated rings. The number of carbonyl (C=O) groups excluding carboxylic acids is 2. The summed E-state index contributed by atoms with van der Waals surface area (Å²) in [5, 5.41) is 17.5. The number of aliphatic hydroxyl groups is 1. The Balaban J connectivity index is 1.34. The van der Waals surface area contributed by atoms with Gasteiger partial charge in [-0.3, -0.25) is 9.59 Å². The minimum Gasteiger partial charge on any atom is -0.393 e. The summed E-state index contributed by atoms with van der Waals surface area (Å²) >= 11 is 6.37. The SMILES string of the molecule is NC(=O)c1nn(-c2ccc(F)cc2)c2c1CCc1ccc(NC(=O)c3cc(N4CCC(O)CC4)ncc3Cl)cc1-2. The molecule has 11 heteroatoms. The summed E-state index contributed by atoms with van der Waals surface area (Å²) in [6.45, 7) is 1.28. The lowest BCUT2D eigenvalue weighted by Crippen LogP contribution is -2.36. The third-order valence-corrected chi connectivity index (χ3v) is 7.73. The Morgan fingerprint density at radius 2 is 1.82 bits per heavy atom. The van der Waals surface area contributed by atoms with E-state index in [-0.39, 0.29) is 28.2 Å². The number of amides is 2. The van der Waals surface area contributed by atoms with E-state index in [0.717, 1.165) is 11.1 Å². The lowest BCUT2D eigenvalue weighted by molar-refractivity contribution is 0.0992. The molecule has 3 heterocycles. The summed E-state index contributed by atoms with van der Waals surface area (Å²) in [4.78, 5) is 32.0. The molecule has 0 saturated carbocycles. The number of anilines is 2. The molecule has 0 unspecified atom stereocenters. The second-order valence-electron chi connectivity index (χ2n) is 9.99. The van der Waals surface area contributed by atoms with Gasteiger partial charge in [0, 0.05) is 36.1 Å². The van der Waals surface area contributed by atoms with E-state index in [1.165, 1.54) is 18.3 Å². The van der Waals surface area contributed by atoms with Crippen LogP contribution < -0.4 is 16.0 Å². The lowest BCUT2D eigenvalue weighted by atomic mass is 9.88. The van der Waals surface area contributed by atoms with Crippen LogP contribution in [0.2, 0.25) is 5.02 Å². The normalized spacial score (nSPS) is 14.9. The number of primary amides is 1. The van der Waals surface area contributed by atoms with Crippen LogP contribution >= 0.6 is 11.6 Å². The topological polar surface area (TPSA) is 126 Å². The van der Waals surface area contributed by atoms with E-state index in [1.54, 1.807) is 22.9 Å². The highest BCUT2D eigenvalue weighted by Crippen LogP contribution is 2.38. The van der Waals surface area contributed by atoms with Crippen molar-refractivity contribution in [2.75, 3.05) is 23.3 Å². The number of nitrogens with one attached hydrogen (secondary N) is 1. The quantitative estimate of drug-likeness (QED) is 0.337. The molecule has 204 valence electrons. The lowest BCUT2D eigenvalue weighted by Gasteiger charge is -2.30. The number of benzene rings is 2. The van der Waals surface area contributed by atoms with Gasteiger partial charge in [0.05, 0.1) is 28.1 Å². The molecular formula is C29H26ClFN6O3. The predicted octanol–water partition coefficient (Wildman–Crippen LogP) is 4.14. The predicted molar refractivity (Wildman–Crippen MR) is 150 cm³/mol. The highest BCUT2D eigenvalue weighted by atomic mass is 35.5. The highest BCUT2D eigenvalue weighted by Gasteiger charge is 2.29. The van der Waals surface area contributed by atoms with Gasteiger partial charge in [-0.1, -0.05) is 17.7 Å². The molecule has 2 aromatic heterocycles. The molecule has 40 heavy (non-hydrogen) atoms. The van der Waals surface area contributed by atoms with Gasteiger partial charge >= 0.3 is 0 Å². The van der Waals surface area contributed by atoms with Crippen molar-refractivity contribution >= 4 is 34.9 Å². The number of halogens is 2.